The van der Waals surface area contributed by atoms with Gasteiger partial charge in [0.2, 0.25) is 11.8 Å². The molecular weight excluding hydrogens is 566 g/mol. The van der Waals surface area contributed by atoms with Crippen molar-refractivity contribution in [2.75, 3.05) is 12.5 Å². The third-order valence-electron chi connectivity index (χ3n) is 10.4. The third kappa shape index (κ3) is 4.04. The molecule has 2 heterocycles. The number of imide groups is 2. The maximum absolute atomic E-state index is 15.1. The number of nitrogens with zero attached hydrogens (tertiary/aromatic N) is 2. The van der Waals surface area contributed by atoms with Gasteiger partial charge in [-0.1, -0.05) is 84.0 Å². The number of para-hydroxylation sites is 1. The van der Waals surface area contributed by atoms with Crippen LogP contribution < -0.4 is 5.43 Å². The molecule has 3 aromatic rings. The molecule has 45 heavy (non-hydrogen) atoms. The second kappa shape index (κ2) is 10.6. The summed E-state index contributed by atoms with van der Waals surface area (Å²) >= 11 is 0. The van der Waals surface area contributed by atoms with Gasteiger partial charge in [0, 0.05) is 18.5 Å². The first-order chi connectivity index (χ1) is 21.7. The topological polar surface area (TPSA) is 107 Å². The number of hydrogen-bond donors (Lipinski definition) is 2. The number of fused-ring (bicyclic) bond motifs is 4. The standard InChI is InChI=1S/C37H35N3O5/c1-4-9-22-10-8-13-27(32(22)41)31-25-18-19-26-30(35(44)39(3)33(26)42)28(25)20-29-34(43)40(38-24-16-14-21(2)15-17-24)36(45)37(29,31)23-11-6-5-7-12-23/h4-8,10-18,26,28-31,38,41H,1,9,19-20H2,2-3H3/t26-,28+,29-,30-,31+,37+/m0/s1. The smallest absolute Gasteiger partial charge is 0.260 e. The zero-order chi connectivity index (χ0) is 31.6. The van der Waals surface area contributed by atoms with Crippen LogP contribution in [0.25, 0.3) is 0 Å². The van der Waals surface area contributed by atoms with Crippen molar-refractivity contribution in [3.05, 3.63) is 119 Å². The summed E-state index contributed by atoms with van der Waals surface area (Å²) in [6.07, 6.45) is 4.67. The largest absolute Gasteiger partial charge is 0.507 e. The molecular formula is C37H35N3O5. The number of hydrazine groups is 1. The van der Waals surface area contributed by atoms with E-state index in [-0.39, 0.29) is 24.0 Å². The lowest BCUT2D eigenvalue weighted by Crippen LogP contribution is -2.53. The highest BCUT2D eigenvalue weighted by Gasteiger charge is 2.70. The molecule has 8 nitrogen and oxygen atoms in total. The monoisotopic (exact) mass is 601 g/mol. The molecule has 3 aromatic carbocycles. The average molecular weight is 602 g/mol. The molecule has 1 saturated carbocycles. The molecule has 0 bridgehead atoms. The van der Waals surface area contributed by atoms with Crippen molar-refractivity contribution in [1.29, 1.82) is 0 Å². The Bertz CT molecular complexity index is 1780. The highest BCUT2D eigenvalue weighted by molar-refractivity contribution is 6.13. The van der Waals surface area contributed by atoms with E-state index in [1.807, 2.05) is 85.8 Å². The van der Waals surface area contributed by atoms with Gasteiger partial charge in [0.1, 0.15) is 5.75 Å². The predicted molar refractivity (Wildman–Crippen MR) is 169 cm³/mol. The van der Waals surface area contributed by atoms with Crippen molar-refractivity contribution in [1.82, 2.24) is 9.91 Å². The van der Waals surface area contributed by atoms with Gasteiger partial charge in [-0.25, -0.2) is 0 Å². The minimum atomic E-state index is -1.42. The normalized spacial score (nSPS) is 28.8. The summed E-state index contributed by atoms with van der Waals surface area (Å²) in [5.74, 6) is -4.52. The van der Waals surface area contributed by atoms with Crippen LogP contribution in [0.1, 0.15) is 41.0 Å². The SMILES string of the molecule is C=CCc1cccc([C@H]2C3=CC[C@@H]4C(=O)N(C)C(=O)[C@@H]4[C@@H]3C[C@H]3C(=O)N(Nc4ccc(C)cc4)C(=O)[C@@]23c2ccccc2)c1O. The molecule has 3 fully saturated rings. The number of benzene rings is 3. The zero-order valence-electron chi connectivity index (χ0n) is 25.3. The van der Waals surface area contributed by atoms with Crippen LogP contribution >= 0.6 is 0 Å². The molecule has 0 unspecified atom stereocenters. The molecule has 2 aliphatic heterocycles. The van der Waals surface area contributed by atoms with Crippen LogP contribution in [-0.2, 0) is 31.0 Å². The maximum Gasteiger partial charge on any atom is 0.260 e. The Kier molecular flexibility index (Phi) is 6.76. The number of nitrogens with one attached hydrogen (secondary N) is 1. The molecule has 0 radical (unpaired) electrons. The number of aryl methyl sites for hydroxylation is 1. The fourth-order valence-electron chi connectivity index (χ4n) is 8.41. The van der Waals surface area contributed by atoms with Crippen LogP contribution in [0.15, 0.2) is 97.1 Å². The van der Waals surface area contributed by atoms with E-state index in [4.69, 9.17) is 0 Å². The van der Waals surface area contributed by atoms with Crippen LogP contribution in [0.3, 0.4) is 0 Å². The van der Waals surface area contributed by atoms with Crippen LogP contribution in [0, 0.1) is 30.6 Å². The zero-order valence-corrected chi connectivity index (χ0v) is 25.3. The maximum atomic E-state index is 15.1. The van der Waals surface area contributed by atoms with Gasteiger partial charge in [-0.3, -0.25) is 29.5 Å². The first kappa shape index (κ1) is 28.8. The number of carbonyl (C=O) groups excluding carboxylic acids is 4. The number of anilines is 1. The third-order valence-corrected chi connectivity index (χ3v) is 10.4. The van der Waals surface area contributed by atoms with E-state index in [1.165, 1.54) is 11.9 Å². The molecule has 4 aliphatic rings. The van der Waals surface area contributed by atoms with E-state index >= 15 is 4.79 Å². The van der Waals surface area contributed by atoms with Gasteiger partial charge >= 0.3 is 0 Å². The Balaban J connectivity index is 1.49. The van der Waals surface area contributed by atoms with Crippen LogP contribution in [0.5, 0.6) is 5.75 Å². The predicted octanol–water partition coefficient (Wildman–Crippen LogP) is 5.04. The summed E-state index contributed by atoms with van der Waals surface area (Å²) in [4.78, 5) is 57.7. The summed E-state index contributed by atoms with van der Waals surface area (Å²) in [7, 11) is 1.51. The van der Waals surface area contributed by atoms with E-state index in [2.05, 4.69) is 12.0 Å². The van der Waals surface area contributed by atoms with E-state index in [0.717, 1.165) is 16.1 Å². The quantitative estimate of drug-likeness (QED) is 0.303. The second-order valence-corrected chi connectivity index (χ2v) is 12.7. The fraction of sp³-hybridized carbons (Fsp3) is 0.297. The summed E-state index contributed by atoms with van der Waals surface area (Å²) < 4.78 is 0. The van der Waals surface area contributed by atoms with Crippen molar-refractivity contribution in [3.8, 4) is 5.75 Å². The number of amides is 4. The van der Waals surface area contributed by atoms with Gasteiger partial charge in [-0.2, -0.15) is 5.01 Å². The average Bonchev–Trinajstić information content (AvgIpc) is 3.40. The Hall–Kier alpha value is -4.98. The summed E-state index contributed by atoms with van der Waals surface area (Å²) in [5.41, 5.74) is 5.94. The number of phenolic OH excluding ortho intramolecular Hbond substituents is 1. The van der Waals surface area contributed by atoms with Crippen molar-refractivity contribution in [2.24, 2.45) is 23.7 Å². The first-order valence-corrected chi connectivity index (χ1v) is 15.4. The van der Waals surface area contributed by atoms with Gasteiger partial charge in [0.15, 0.2) is 0 Å². The molecule has 8 heteroatoms. The Morgan fingerprint density at radius 2 is 1.67 bits per heavy atom. The molecule has 2 aliphatic carbocycles. The van der Waals surface area contributed by atoms with Crippen molar-refractivity contribution in [2.45, 2.75) is 37.5 Å². The molecule has 0 aromatic heterocycles. The Morgan fingerprint density at radius 3 is 2.38 bits per heavy atom. The Morgan fingerprint density at radius 1 is 0.933 bits per heavy atom. The highest BCUT2D eigenvalue weighted by atomic mass is 16.3. The molecule has 2 saturated heterocycles. The van der Waals surface area contributed by atoms with E-state index in [0.29, 0.717) is 35.2 Å². The van der Waals surface area contributed by atoms with Gasteiger partial charge in [-0.05, 0) is 55.4 Å². The molecule has 0 spiro atoms. The van der Waals surface area contributed by atoms with E-state index in [1.54, 1.807) is 6.08 Å². The Labute approximate surface area is 262 Å². The van der Waals surface area contributed by atoms with Crippen molar-refractivity contribution in [3.63, 3.8) is 0 Å². The lowest BCUT2D eigenvalue weighted by Gasteiger charge is -2.50. The summed E-state index contributed by atoms with van der Waals surface area (Å²) in [6, 6.07) is 22.2. The summed E-state index contributed by atoms with van der Waals surface area (Å²) in [6.45, 7) is 5.80. The number of rotatable bonds is 6. The molecule has 4 amide bonds. The number of carbonyl (C=O) groups is 4. The molecule has 228 valence electrons. The van der Waals surface area contributed by atoms with Crippen LogP contribution in [0.2, 0.25) is 0 Å². The van der Waals surface area contributed by atoms with Crippen molar-refractivity contribution < 1.29 is 24.3 Å². The highest BCUT2D eigenvalue weighted by Crippen LogP contribution is 2.64. The summed E-state index contributed by atoms with van der Waals surface area (Å²) in [5, 5.41) is 12.9. The molecule has 7 rings (SSSR count). The van der Waals surface area contributed by atoms with Crippen LogP contribution in [-0.4, -0.2) is 45.7 Å². The minimum Gasteiger partial charge on any atom is -0.507 e. The lowest BCUT2D eigenvalue weighted by molar-refractivity contribution is -0.140. The number of hydrogen-bond acceptors (Lipinski definition) is 6. The van der Waals surface area contributed by atoms with Gasteiger partial charge in [0.05, 0.1) is 28.9 Å². The number of likely N-dealkylation sites (tertiary alicyclic amines) is 1. The van der Waals surface area contributed by atoms with Gasteiger partial charge in [0.25, 0.3) is 11.8 Å². The van der Waals surface area contributed by atoms with Gasteiger partial charge < -0.3 is 5.11 Å². The van der Waals surface area contributed by atoms with E-state index < -0.39 is 46.8 Å². The number of allylic oxidation sites excluding steroid dienone is 3. The molecule has 2 N–H and O–H groups in total. The first-order valence-electron chi connectivity index (χ1n) is 15.4. The fourth-order valence-corrected chi connectivity index (χ4v) is 8.41. The second-order valence-electron chi connectivity index (χ2n) is 12.7. The lowest BCUT2D eigenvalue weighted by atomic mass is 9.49. The van der Waals surface area contributed by atoms with Gasteiger partial charge in [-0.15, -0.1) is 6.58 Å². The number of aromatic hydroxyl groups is 1. The van der Waals surface area contributed by atoms with Crippen LogP contribution in [0.4, 0.5) is 5.69 Å². The van der Waals surface area contributed by atoms with Crippen molar-refractivity contribution >= 4 is 29.3 Å². The number of phenols is 1. The van der Waals surface area contributed by atoms with E-state index in [9.17, 15) is 19.5 Å². The molecule has 6 atom stereocenters. The minimum absolute atomic E-state index is 0.0382.